The molecule has 7 nitrogen and oxygen atoms in total. The van der Waals surface area contributed by atoms with Crippen LogP contribution in [0.3, 0.4) is 0 Å². The first-order valence-corrected chi connectivity index (χ1v) is 7.64. The average Bonchev–Trinajstić information content (AvgIpc) is 3.03. The van der Waals surface area contributed by atoms with Gasteiger partial charge in [-0.3, -0.25) is 9.78 Å². The largest absolute Gasteiger partial charge is 0.530 e. The summed E-state index contributed by atoms with van der Waals surface area (Å²) in [6, 6.07) is 2.96. The van der Waals surface area contributed by atoms with Crippen molar-refractivity contribution in [1.82, 2.24) is 15.2 Å². The molecule has 2 amide bonds. The molecule has 10 heteroatoms. The number of carbonyl (C=O) groups is 2. The summed E-state index contributed by atoms with van der Waals surface area (Å²) in [7, 11) is 0. The molecule has 1 aliphatic heterocycles. The SMILES string of the molecule is O=C(NC1CCN(C(=O)[O-])C1)c1cnc2cc(OC(F)F)c(F)cc2c1. The Morgan fingerprint density at radius 3 is 2.77 bits per heavy atom. The molecule has 1 N–H and O–H groups in total. The molecule has 1 aliphatic rings. The van der Waals surface area contributed by atoms with Gasteiger partial charge in [0.2, 0.25) is 0 Å². The van der Waals surface area contributed by atoms with Crippen molar-refractivity contribution >= 4 is 22.9 Å². The summed E-state index contributed by atoms with van der Waals surface area (Å²) in [5.74, 6) is -2.14. The Morgan fingerprint density at radius 2 is 2.12 bits per heavy atom. The Morgan fingerprint density at radius 1 is 1.35 bits per heavy atom. The number of carbonyl (C=O) groups excluding carboxylic acids is 2. The second-order valence-electron chi connectivity index (χ2n) is 5.75. The van der Waals surface area contributed by atoms with Crippen LogP contribution in [0.1, 0.15) is 16.8 Å². The number of alkyl halides is 2. The first-order chi connectivity index (χ1) is 12.3. The molecular weight excluding hydrogens is 355 g/mol. The zero-order valence-electron chi connectivity index (χ0n) is 13.2. The second kappa shape index (κ2) is 7.06. The third-order valence-corrected chi connectivity index (χ3v) is 3.99. The van der Waals surface area contributed by atoms with E-state index in [9.17, 15) is 27.9 Å². The van der Waals surface area contributed by atoms with Crippen molar-refractivity contribution in [2.24, 2.45) is 0 Å². The summed E-state index contributed by atoms with van der Waals surface area (Å²) < 4.78 is 42.3. The molecule has 0 saturated carbocycles. The number of pyridine rings is 1. The minimum Gasteiger partial charge on any atom is -0.530 e. The van der Waals surface area contributed by atoms with Crippen molar-refractivity contribution in [3.8, 4) is 5.75 Å². The van der Waals surface area contributed by atoms with E-state index in [0.29, 0.717) is 6.42 Å². The molecule has 0 aliphatic carbocycles. The van der Waals surface area contributed by atoms with E-state index in [2.05, 4.69) is 15.0 Å². The molecular formula is C16H13F3N3O4-. The number of rotatable bonds is 4. The molecule has 1 fully saturated rings. The summed E-state index contributed by atoms with van der Waals surface area (Å²) in [4.78, 5) is 28.1. The van der Waals surface area contributed by atoms with Gasteiger partial charge in [-0.1, -0.05) is 0 Å². The molecule has 1 atom stereocenters. The van der Waals surface area contributed by atoms with Gasteiger partial charge >= 0.3 is 6.61 Å². The van der Waals surface area contributed by atoms with Crippen LogP contribution in [0.25, 0.3) is 10.9 Å². The zero-order chi connectivity index (χ0) is 18.8. The van der Waals surface area contributed by atoms with E-state index < -0.39 is 30.2 Å². The van der Waals surface area contributed by atoms with Crippen LogP contribution in [-0.2, 0) is 0 Å². The number of halogens is 3. The number of hydrogen-bond donors (Lipinski definition) is 1. The lowest BCUT2D eigenvalue weighted by molar-refractivity contribution is -0.264. The van der Waals surface area contributed by atoms with E-state index in [1.807, 2.05) is 0 Å². The lowest BCUT2D eigenvalue weighted by atomic mass is 10.1. The Kier molecular flexibility index (Phi) is 4.83. The number of fused-ring (bicyclic) bond motifs is 1. The van der Waals surface area contributed by atoms with Crippen molar-refractivity contribution in [3.05, 3.63) is 35.8 Å². The van der Waals surface area contributed by atoms with Crippen molar-refractivity contribution in [2.45, 2.75) is 19.1 Å². The van der Waals surface area contributed by atoms with Crippen LogP contribution in [0.15, 0.2) is 24.4 Å². The maximum atomic E-state index is 13.8. The molecule has 1 aromatic carbocycles. The fourth-order valence-electron chi connectivity index (χ4n) is 2.75. The van der Waals surface area contributed by atoms with Gasteiger partial charge in [0.15, 0.2) is 11.6 Å². The molecule has 1 unspecified atom stereocenters. The van der Waals surface area contributed by atoms with Crippen LogP contribution in [0.2, 0.25) is 0 Å². The minimum absolute atomic E-state index is 0.123. The number of nitrogens with one attached hydrogen (secondary N) is 1. The van der Waals surface area contributed by atoms with Crippen LogP contribution < -0.4 is 15.2 Å². The maximum Gasteiger partial charge on any atom is 0.387 e. The Bertz CT molecular complexity index is 862. The van der Waals surface area contributed by atoms with E-state index in [0.717, 1.165) is 17.0 Å². The van der Waals surface area contributed by atoms with Gasteiger partial charge in [-0.15, -0.1) is 0 Å². The molecule has 1 aromatic heterocycles. The lowest BCUT2D eigenvalue weighted by Gasteiger charge is -2.19. The monoisotopic (exact) mass is 368 g/mol. The second-order valence-corrected chi connectivity index (χ2v) is 5.75. The van der Waals surface area contributed by atoms with Crippen molar-refractivity contribution in [3.63, 3.8) is 0 Å². The molecule has 0 radical (unpaired) electrons. The highest BCUT2D eigenvalue weighted by molar-refractivity contribution is 5.97. The zero-order valence-corrected chi connectivity index (χ0v) is 13.2. The Hall–Kier alpha value is -3.04. The summed E-state index contributed by atoms with van der Waals surface area (Å²) in [6.45, 7) is -2.78. The van der Waals surface area contributed by atoms with E-state index in [1.54, 1.807) is 0 Å². The van der Waals surface area contributed by atoms with Gasteiger partial charge in [0.1, 0.15) is 6.09 Å². The van der Waals surface area contributed by atoms with E-state index >= 15 is 0 Å². The lowest BCUT2D eigenvalue weighted by Crippen LogP contribution is -2.43. The molecule has 0 spiro atoms. The normalized spacial score (nSPS) is 16.9. The van der Waals surface area contributed by atoms with Gasteiger partial charge in [-0.25, -0.2) is 4.39 Å². The molecule has 138 valence electrons. The van der Waals surface area contributed by atoms with Crippen molar-refractivity contribution in [1.29, 1.82) is 0 Å². The first kappa shape index (κ1) is 17.8. The summed E-state index contributed by atoms with van der Waals surface area (Å²) in [5, 5.41) is 13.7. The van der Waals surface area contributed by atoms with E-state index in [4.69, 9.17) is 0 Å². The molecule has 3 rings (SSSR count). The van der Waals surface area contributed by atoms with Gasteiger partial charge in [0.05, 0.1) is 11.1 Å². The van der Waals surface area contributed by atoms with Gasteiger partial charge < -0.3 is 24.9 Å². The van der Waals surface area contributed by atoms with Crippen LogP contribution in [0.5, 0.6) is 5.75 Å². The summed E-state index contributed by atoms with van der Waals surface area (Å²) >= 11 is 0. The predicted molar refractivity (Wildman–Crippen MR) is 81.2 cm³/mol. The van der Waals surface area contributed by atoms with Crippen LogP contribution in [-0.4, -0.2) is 47.6 Å². The molecule has 2 heterocycles. The highest BCUT2D eigenvalue weighted by Crippen LogP contribution is 2.25. The van der Waals surface area contributed by atoms with Gasteiger partial charge in [-0.2, -0.15) is 8.78 Å². The molecule has 2 aromatic rings. The number of hydrogen-bond acceptors (Lipinski definition) is 5. The third kappa shape index (κ3) is 3.79. The van der Waals surface area contributed by atoms with Crippen molar-refractivity contribution in [2.75, 3.05) is 13.1 Å². The van der Waals surface area contributed by atoms with Gasteiger partial charge in [0.25, 0.3) is 5.91 Å². The van der Waals surface area contributed by atoms with Crippen LogP contribution >= 0.6 is 0 Å². The highest BCUT2D eigenvalue weighted by atomic mass is 19.3. The van der Waals surface area contributed by atoms with Crippen LogP contribution in [0, 0.1) is 5.82 Å². The standard InChI is InChI=1S/C16H14F3N3O4/c17-11-4-8-3-9(6-20-12(8)5-13(11)26-15(18)19)14(23)21-10-1-2-22(7-10)16(24)25/h3-6,10,15H,1-2,7H2,(H,21,23)(H,24,25)/p-1. The van der Waals surface area contributed by atoms with E-state index in [-0.39, 0.29) is 35.6 Å². The van der Waals surface area contributed by atoms with Crippen LogP contribution in [0.4, 0.5) is 18.0 Å². The number of likely N-dealkylation sites (tertiary alicyclic amines) is 1. The topological polar surface area (TPSA) is 94.6 Å². The fourth-order valence-corrected chi connectivity index (χ4v) is 2.75. The smallest absolute Gasteiger partial charge is 0.387 e. The third-order valence-electron chi connectivity index (χ3n) is 3.99. The quantitative estimate of drug-likeness (QED) is 0.873. The number of amides is 2. The minimum atomic E-state index is -3.17. The number of aromatic nitrogens is 1. The van der Waals surface area contributed by atoms with Gasteiger partial charge in [-0.05, 0) is 18.6 Å². The van der Waals surface area contributed by atoms with Crippen molar-refractivity contribution < 1.29 is 32.6 Å². The number of ether oxygens (including phenoxy) is 1. The number of carboxylic acid groups (broad SMARTS) is 1. The molecule has 0 bridgehead atoms. The first-order valence-electron chi connectivity index (χ1n) is 7.64. The Balaban J connectivity index is 1.76. The molecule has 1 saturated heterocycles. The number of benzene rings is 1. The summed E-state index contributed by atoms with van der Waals surface area (Å²) in [6.07, 6.45) is 0.364. The fraction of sp³-hybridized carbons (Fsp3) is 0.312. The van der Waals surface area contributed by atoms with E-state index in [1.165, 1.54) is 12.3 Å². The summed E-state index contributed by atoms with van der Waals surface area (Å²) in [5.41, 5.74) is 0.314. The maximum absolute atomic E-state index is 13.8. The molecule has 26 heavy (non-hydrogen) atoms. The number of nitrogens with zero attached hydrogens (tertiary/aromatic N) is 2. The highest BCUT2D eigenvalue weighted by Gasteiger charge is 2.24. The average molecular weight is 368 g/mol. The predicted octanol–water partition coefficient (Wildman–Crippen LogP) is 1.12. The van der Waals surface area contributed by atoms with Gasteiger partial charge in [0, 0.05) is 36.8 Å². The Labute approximate surface area is 145 Å².